The molecule has 65 heavy (non-hydrogen) atoms. The Morgan fingerprint density at radius 2 is 0.800 bits per heavy atom. The number of allylic oxidation sites excluding steroid dienone is 1. The molecule has 0 radical (unpaired) electrons. The Balaban J connectivity index is 1.05. The summed E-state index contributed by atoms with van der Waals surface area (Å²) >= 11 is 0. The largest absolute Gasteiger partial charge is 0.309 e. The first-order valence-electron chi connectivity index (χ1n) is 22.2. The number of nitrogens with zero attached hydrogens (tertiary/aromatic N) is 4. The van der Waals surface area contributed by atoms with Gasteiger partial charge in [0.2, 0.25) is 0 Å². The molecule has 304 valence electrons. The van der Waals surface area contributed by atoms with Gasteiger partial charge in [-0.05, 0) is 97.4 Å². The first-order valence-corrected chi connectivity index (χ1v) is 22.2. The zero-order valence-corrected chi connectivity index (χ0v) is 35.7. The summed E-state index contributed by atoms with van der Waals surface area (Å²) < 4.78 is 9.72. The summed E-state index contributed by atoms with van der Waals surface area (Å²) in [6.07, 6.45) is 9.66. The fourth-order valence-corrected chi connectivity index (χ4v) is 10.8. The molecule has 0 fully saturated rings. The molecule has 0 bridgehead atoms. The maximum Gasteiger partial charge on any atom is 0.0562 e. The van der Waals surface area contributed by atoms with E-state index in [1.165, 1.54) is 65.3 Å². The van der Waals surface area contributed by atoms with Gasteiger partial charge < -0.3 is 18.3 Å². The van der Waals surface area contributed by atoms with Crippen LogP contribution in [0.5, 0.6) is 0 Å². The molecule has 0 aliphatic rings. The molecule has 4 nitrogen and oxygen atoms in total. The first-order chi connectivity index (χ1) is 32.2. The van der Waals surface area contributed by atoms with E-state index < -0.39 is 0 Å². The number of aromatic nitrogens is 4. The monoisotopic (exact) mass is 828 g/mol. The molecule has 0 unspecified atom stereocenters. The Morgan fingerprint density at radius 1 is 0.369 bits per heavy atom. The Labute approximate surface area is 375 Å². The SMILES string of the molecule is C#C/C=C\c1c(C)c2ccccc2n1-c1ccccc1-c1ccccc1-n1c2ccccc2c2c(-n3c4ccccc4c4cc(-n5c6ccccc6c6ccccc65)ccc43)cccc21. The van der Waals surface area contributed by atoms with E-state index in [2.05, 4.69) is 243 Å². The number of rotatable bonds is 6. The Hall–Kier alpha value is -8.78. The van der Waals surface area contributed by atoms with Crippen LogP contribution in [0.1, 0.15) is 11.3 Å². The highest BCUT2D eigenvalue weighted by Crippen LogP contribution is 2.44. The van der Waals surface area contributed by atoms with Crippen molar-refractivity contribution in [3.05, 3.63) is 224 Å². The van der Waals surface area contributed by atoms with Crippen molar-refractivity contribution in [1.82, 2.24) is 18.3 Å². The van der Waals surface area contributed by atoms with Gasteiger partial charge in [0.1, 0.15) is 0 Å². The third-order valence-corrected chi connectivity index (χ3v) is 13.5. The second kappa shape index (κ2) is 14.4. The second-order valence-electron chi connectivity index (χ2n) is 16.8. The van der Waals surface area contributed by atoms with E-state index in [-0.39, 0.29) is 0 Å². The predicted octanol–water partition coefficient (Wildman–Crippen LogP) is 15.5. The minimum Gasteiger partial charge on any atom is -0.309 e. The standard InChI is InChI=1S/C61H40N4/c1-3-4-27-50-40(2)42-20-5-12-28-51(42)63(50)54-31-15-8-23-45(54)46-24-9-16-32-55(46)64-57-34-18-11-26-48(57)61-59(64)35-19-36-60(61)65-56-33-17-10-25-47(56)49-39-41(37-38-58(49)65)62-52-29-13-6-21-43(52)44-22-7-14-30-53(44)62/h1,4-39H,2H3/b27-4-. The van der Waals surface area contributed by atoms with E-state index in [0.29, 0.717) is 0 Å². The van der Waals surface area contributed by atoms with Gasteiger partial charge in [-0.25, -0.2) is 0 Å². The van der Waals surface area contributed by atoms with Crippen LogP contribution in [-0.4, -0.2) is 18.3 Å². The average molecular weight is 829 g/mol. The number of hydrogen-bond donors (Lipinski definition) is 0. The number of benzene rings is 9. The maximum absolute atomic E-state index is 5.80. The van der Waals surface area contributed by atoms with Crippen molar-refractivity contribution in [3.63, 3.8) is 0 Å². The highest BCUT2D eigenvalue weighted by atomic mass is 15.0. The molecule has 0 atom stereocenters. The van der Waals surface area contributed by atoms with Gasteiger partial charge in [-0.2, -0.15) is 0 Å². The summed E-state index contributed by atoms with van der Waals surface area (Å²) in [6.45, 7) is 2.18. The van der Waals surface area contributed by atoms with Gasteiger partial charge in [0.15, 0.2) is 0 Å². The molecular formula is C61H40N4. The quantitative estimate of drug-likeness (QED) is 0.149. The molecule has 0 saturated heterocycles. The fourth-order valence-electron chi connectivity index (χ4n) is 10.8. The average Bonchev–Trinajstić information content (AvgIpc) is 4.08. The Kier molecular flexibility index (Phi) is 8.15. The Bertz CT molecular complexity index is 4100. The molecule has 4 heteroatoms. The van der Waals surface area contributed by atoms with Crippen LogP contribution in [0.15, 0.2) is 212 Å². The minimum absolute atomic E-state index is 1.07. The van der Waals surface area contributed by atoms with Gasteiger partial charge in [0, 0.05) is 54.5 Å². The topological polar surface area (TPSA) is 19.7 Å². The van der Waals surface area contributed by atoms with Crippen LogP contribution in [0.25, 0.3) is 116 Å². The molecule has 0 aliphatic carbocycles. The van der Waals surface area contributed by atoms with Gasteiger partial charge in [-0.3, -0.25) is 0 Å². The lowest BCUT2D eigenvalue weighted by Crippen LogP contribution is -2.03. The Morgan fingerprint density at radius 3 is 1.43 bits per heavy atom. The van der Waals surface area contributed by atoms with Crippen molar-refractivity contribution in [2.45, 2.75) is 6.92 Å². The van der Waals surface area contributed by atoms with Crippen LogP contribution in [0.3, 0.4) is 0 Å². The van der Waals surface area contributed by atoms with Crippen molar-refractivity contribution < 1.29 is 0 Å². The smallest absolute Gasteiger partial charge is 0.0562 e. The number of terminal acetylenes is 1. The minimum atomic E-state index is 1.07. The molecule has 0 N–H and O–H groups in total. The number of fused-ring (bicyclic) bond motifs is 10. The van der Waals surface area contributed by atoms with Gasteiger partial charge in [-0.15, -0.1) is 6.42 Å². The van der Waals surface area contributed by atoms with Crippen LogP contribution < -0.4 is 0 Å². The fraction of sp³-hybridized carbons (Fsp3) is 0.0164. The van der Waals surface area contributed by atoms with E-state index in [1.807, 2.05) is 0 Å². The second-order valence-corrected chi connectivity index (χ2v) is 16.8. The number of para-hydroxylation sites is 7. The molecule has 0 spiro atoms. The van der Waals surface area contributed by atoms with E-state index in [0.717, 1.165) is 56.1 Å². The molecule has 4 aromatic heterocycles. The van der Waals surface area contributed by atoms with E-state index >= 15 is 0 Å². The lowest BCUT2D eigenvalue weighted by atomic mass is 10.0. The highest BCUT2D eigenvalue weighted by molar-refractivity contribution is 6.17. The molecule has 13 rings (SSSR count). The van der Waals surface area contributed by atoms with Crippen molar-refractivity contribution in [1.29, 1.82) is 0 Å². The lowest BCUT2D eigenvalue weighted by molar-refractivity contribution is 1.09. The zero-order valence-electron chi connectivity index (χ0n) is 35.7. The van der Waals surface area contributed by atoms with Crippen molar-refractivity contribution in [2.75, 3.05) is 0 Å². The normalized spacial score (nSPS) is 12.0. The predicted molar refractivity (Wildman–Crippen MR) is 274 cm³/mol. The van der Waals surface area contributed by atoms with Crippen LogP contribution in [0.4, 0.5) is 0 Å². The third kappa shape index (κ3) is 5.34. The number of aryl methyl sites for hydroxylation is 1. The molecule has 9 aromatic carbocycles. The van der Waals surface area contributed by atoms with Gasteiger partial charge in [-0.1, -0.05) is 139 Å². The summed E-state index contributed by atoms with van der Waals surface area (Å²) in [5.41, 5.74) is 17.2. The molecule has 0 amide bonds. The molecule has 0 saturated carbocycles. The number of hydrogen-bond acceptors (Lipinski definition) is 0. The van der Waals surface area contributed by atoms with Crippen LogP contribution in [-0.2, 0) is 0 Å². The summed E-state index contributed by atoms with van der Waals surface area (Å²) in [7, 11) is 0. The van der Waals surface area contributed by atoms with Crippen molar-refractivity contribution >= 4 is 82.4 Å². The van der Waals surface area contributed by atoms with Gasteiger partial charge in [0.05, 0.1) is 61.4 Å². The summed E-state index contributed by atoms with van der Waals surface area (Å²) in [5.74, 6) is 2.73. The highest BCUT2D eigenvalue weighted by Gasteiger charge is 2.23. The zero-order chi connectivity index (χ0) is 43.2. The summed E-state index contributed by atoms with van der Waals surface area (Å²) in [4.78, 5) is 0. The van der Waals surface area contributed by atoms with Crippen molar-refractivity contribution in [2.24, 2.45) is 0 Å². The lowest BCUT2D eigenvalue weighted by Gasteiger charge is -2.19. The van der Waals surface area contributed by atoms with E-state index in [4.69, 9.17) is 6.42 Å². The van der Waals surface area contributed by atoms with Gasteiger partial charge >= 0.3 is 0 Å². The van der Waals surface area contributed by atoms with E-state index in [1.54, 1.807) is 6.08 Å². The molecule has 4 heterocycles. The van der Waals surface area contributed by atoms with Crippen molar-refractivity contribution in [3.8, 4) is 46.2 Å². The summed E-state index contributed by atoms with van der Waals surface area (Å²) in [6, 6.07) is 75.1. The first kappa shape index (κ1) is 36.8. The molecule has 13 aromatic rings. The molecule has 0 aliphatic heterocycles. The summed E-state index contributed by atoms with van der Waals surface area (Å²) in [5, 5.41) is 8.55. The van der Waals surface area contributed by atoms with Gasteiger partial charge in [0.25, 0.3) is 0 Å². The third-order valence-electron chi connectivity index (χ3n) is 13.5. The van der Waals surface area contributed by atoms with E-state index in [9.17, 15) is 0 Å². The molecular weight excluding hydrogens is 789 g/mol. The van der Waals surface area contributed by atoms with Crippen LogP contribution >= 0.6 is 0 Å². The van der Waals surface area contributed by atoms with Crippen LogP contribution in [0, 0.1) is 19.3 Å². The van der Waals surface area contributed by atoms with Crippen LogP contribution in [0.2, 0.25) is 0 Å². The maximum atomic E-state index is 5.80.